The molecule has 9 nitrogen and oxygen atoms in total. The molecule has 2 aromatic carbocycles. The lowest BCUT2D eigenvalue weighted by molar-refractivity contribution is -0.129. The van der Waals surface area contributed by atoms with Gasteiger partial charge < -0.3 is 10.1 Å². The van der Waals surface area contributed by atoms with E-state index >= 15 is 0 Å². The number of urea groups is 1. The third-order valence-corrected chi connectivity index (χ3v) is 5.20. The minimum absolute atomic E-state index is 0.0620. The number of nitrogens with one attached hydrogen (secondary N) is 3. The lowest BCUT2D eigenvalue weighted by Crippen LogP contribution is -2.42. The van der Waals surface area contributed by atoms with Gasteiger partial charge in [0.2, 0.25) is 16.1 Å². The van der Waals surface area contributed by atoms with Gasteiger partial charge in [0, 0.05) is 12.1 Å². The summed E-state index contributed by atoms with van der Waals surface area (Å²) >= 11 is 0. The summed E-state index contributed by atoms with van der Waals surface area (Å²) in [6.45, 7) is 1.99. The van der Waals surface area contributed by atoms with Gasteiger partial charge in [-0.2, -0.15) is 0 Å². The number of imide groups is 1. The molecule has 29 heavy (non-hydrogen) atoms. The van der Waals surface area contributed by atoms with Crippen LogP contribution in [0.5, 0.6) is 0 Å². The fourth-order valence-electron chi connectivity index (χ4n) is 2.37. The zero-order valence-corrected chi connectivity index (χ0v) is 16.7. The van der Waals surface area contributed by atoms with Gasteiger partial charge in [0.25, 0.3) is 5.91 Å². The van der Waals surface area contributed by atoms with E-state index in [-0.39, 0.29) is 10.5 Å². The summed E-state index contributed by atoms with van der Waals surface area (Å²) in [6.07, 6.45) is -1.41. The van der Waals surface area contributed by atoms with E-state index in [1.165, 1.54) is 25.2 Å². The molecule has 0 radical (unpaired) electrons. The van der Waals surface area contributed by atoms with E-state index in [0.29, 0.717) is 12.1 Å². The second-order valence-electron chi connectivity index (χ2n) is 5.78. The Labute approximate surface area is 168 Å². The lowest BCUT2D eigenvalue weighted by Gasteiger charge is -2.18. The maximum atomic E-state index is 12.6. The van der Waals surface area contributed by atoms with Crippen molar-refractivity contribution in [2.45, 2.75) is 17.9 Å². The molecule has 2 aromatic rings. The summed E-state index contributed by atoms with van der Waals surface area (Å²) in [4.78, 5) is 36.7. The monoisotopic (exact) mass is 419 g/mol. The highest BCUT2D eigenvalue weighted by molar-refractivity contribution is 7.89. The summed E-state index contributed by atoms with van der Waals surface area (Å²) in [6, 6.07) is 12.6. The second-order valence-corrected chi connectivity index (χ2v) is 7.67. The number of hydrogen-bond donors (Lipinski definition) is 3. The lowest BCUT2D eigenvalue weighted by atomic mass is 10.1. The van der Waals surface area contributed by atoms with Crippen LogP contribution in [0.15, 0.2) is 59.5 Å². The topological polar surface area (TPSA) is 131 Å². The molecule has 0 fully saturated rings. The van der Waals surface area contributed by atoms with E-state index in [2.05, 4.69) is 15.4 Å². The number of carbonyl (C=O) groups is 3. The van der Waals surface area contributed by atoms with E-state index in [4.69, 9.17) is 4.74 Å². The van der Waals surface area contributed by atoms with Crippen molar-refractivity contribution in [2.75, 3.05) is 13.6 Å². The van der Waals surface area contributed by atoms with Crippen LogP contribution < -0.4 is 15.4 Å². The predicted molar refractivity (Wildman–Crippen MR) is 105 cm³/mol. The first-order valence-electron chi connectivity index (χ1n) is 8.66. The third-order valence-electron chi connectivity index (χ3n) is 3.79. The zero-order chi connectivity index (χ0) is 21.4. The molecule has 0 aliphatic rings. The molecule has 1 atom stereocenters. The van der Waals surface area contributed by atoms with Gasteiger partial charge in [0.1, 0.15) is 0 Å². The first-order chi connectivity index (χ1) is 13.8. The molecule has 10 heteroatoms. The van der Waals surface area contributed by atoms with Gasteiger partial charge in [-0.1, -0.05) is 36.4 Å². The third kappa shape index (κ3) is 5.87. The van der Waals surface area contributed by atoms with Crippen molar-refractivity contribution >= 4 is 27.9 Å². The highest BCUT2D eigenvalue weighted by Gasteiger charge is 2.27. The molecule has 154 valence electrons. The number of ether oxygens (including phenoxy) is 1. The van der Waals surface area contributed by atoms with Crippen LogP contribution in [-0.4, -0.2) is 39.9 Å². The molecule has 0 aromatic heterocycles. The largest absolute Gasteiger partial charge is 0.444 e. The van der Waals surface area contributed by atoms with Gasteiger partial charge in [-0.3, -0.25) is 10.1 Å². The van der Waals surface area contributed by atoms with Crippen LogP contribution in [0.2, 0.25) is 0 Å². The molecule has 3 amide bonds. The quantitative estimate of drug-likeness (QED) is 0.581. The zero-order valence-electron chi connectivity index (χ0n) is 15.8. The Hall–Kier alpha value is -3.24. The fraction of sp³-hybridized carbons (Fsp3) is 0.211. The summed E-state index contributed by atoms with van der Waals surface area (Å²) in [7, 11) is -2.52. The van der Waals surface area contributed by atoms with E-state index < -0.39 is 34.0 Å². The van der Waals surface area contributed by atoms with Crippen LogP contribution in [0.1, 0.15) is 28.9 Å². The summed E-state index contributed by atoms with van der Waals surface area (Å²) < 4.78 is 31.3. The van der Waals surface area contributed by atoms with E-state index in [9.17, 15) is 22.8 Å². The van der Waals surface area contributed by atoms with Crippen LogP contribution in [0.25, 0.3) is 0 Å². The smallest absolute Gasteiger partial charge is 0.339 e. The van der Waals surface area contributed by atoms with Crippen LogP contribution in [-0.2, 0) is 19.6 Å². The maximum absolute atomic E-state index is 12.6. The minimum atomic E-state index is -3.76. The molecule has 0 aliphatic heterocycles. The Balaban J connectivity index is 2.29. The van der Waals surface area contributed by atoms with Crippen LogP contribution in [0.4, 0.5) is 4.79 Å². The van der Waals surface area contributed by atoms with Gasteiger partial charge in [-0.15, -0.1) is 0 Å². The minimum Gasteiger partial charge on any atom is -0.444 e. The van der Waals surface area contributed by atoms with Crippen molar-refractivity contribution in [3.05, 3.63) is 65.7 Å². The Morgan fingerprint density at radius 1 is 1.03 bits per heavy atom. The first-order valence-corrected chi connectivity index (χ1v) is 10.1. The molecule has 0 spiro atoms. The molecule has 0 saturated heterocycles. The fourth-order valence-corrected chi connectivity index (χ4v) is 3.14. The predicted octanol–water partition coefficient (Wildman–Crippen LogP) is 1.34. The number of rotatable bonds is 7. The Kier molecular flexibility index (Phi) is 7.46. The number of esters is 1. The SMILES string of the molecule is CCNC(=O)NC(=O)[C@H](OC(=O)c1cccc(S(=O)(=O)NC)c1)c1ccccc1. The molecule has 0 saturated carbocycles. The van der Waals surface area contributed by atoms with Crippen molar-refractivity contribution in [3.8, 4) is 0 Å². The molecule has 0 heterocycles. The Morgan fingerprint density at radius 2 is 1.72 bits per heavy atom. The van der Waals surface area contributed by atoms with Crippen molar-refractivity contribution in [3.63, 3.8) is 0 Å². The van der Waals surface area contributed by atoms with E-state index in [1.807, 2.05) is 0 Å². The molecule has 0 unspecified atom stereocenters. The summed E-state index contributed by atoms with van der Waals surface area (Å²) in [5, 5.41) is 4.52. The van der Waals surface area contributed by atoms with Gasteiger partial charge in [-0.05, 0) is 32.2 Å². The summed E-state index contributed by atoms with van der Waals surface area (Å²) in [5.41, 5.74) is 0.287. The standard InChI is InChI=1S/C19H21N3O6S/c1-3-21-19(25)22-17(23)16(13-8-5-4-6-9-13)28-18(24)14-10-7-11-15(12-14)29(26,27)20-2/h4-12,16,20H,3H2,1-2H3,(H2,21,22,23,25)/t16-/m1/s1. The van der Waals surface area contributed by atoms with Gasteiger partial charge in [0.15, 0.2) is 0 Å². The normalized spacial score (nSPS) is 11.9. The molecular formula is C19H21N3O6S. The molecule has 0 aliphatic carbocycles. The van der Waals surface area contributed by atoms with Crippen molar-refractivity contribution < 1.29 is 27.5 Å². The van der Waals surface area contributed by atoms with Crippen LogP contribution in [0, 0.1) is 0 Å². The second kappa shape index (κ2) is 9.80. The van der Waals surface area contributed by atoms with Crippen LogP contribution in [0.3, 0.4) is 0 Å². The highest BCUT2D eigenvalue weighted by Crippen LogP contribution is 2.21. The number of hydrogen-bond acceptors (Lipinski definition) is 6. The van der Waals surface area contributed by atoms with Gasteiger partial charge in [-0.25, -0.2) is 22.7 Å². The molecule has 3 N–H and O–H groups in total. The Bertz CT molecular complexity index is 992. The van der Waals surface area contributed by atoms with Crippen molar-refractivity contribution in [2.24, 2.45) is 0 Å². The van der Waals surface area contributed by atoms with Crippen molar-refractivity contribution in [1.82, 2.24) is 15.4 Å². The van der Waals surface area contributed by atoms with E-state index in [1.54, 1.807) is 37.3 Å². The number of benzene rings is 2. The first kappa shape index (κ1) is 22.1. The summed E-state index contributed by atoms with van der Waals surface area (Å²) in [5.74, 6) is -1.76. The number of carbonyl (C=O) groups excluding carboxylic acids is 3. The van der Waals surface area contributed by atoms with Crippen molar-refractivity contribution in [1.29, 1.82) is 0 Å². The average molecular weight is 419 g/mol. The highest BCUT2D eigenvalue weighted by atomic mass is 32.2. The van der Waals surface area contributed by atoms with Gasteiger partial charge in [0.05, 0.1) is 10.5 Å². The molecule has 0 bridgehead atoms. The maximum Gasteiger partial charge on any atom is 0.339 e. The average Bonchev–Trinajstić information content (AvgIpc) is 2.72. The Morgan fingerprint density at radius 3 is 2.34 bits per heavy atom. The number of sulfonamides is 1. The molecule has 2 rings (SSSR count). The van der Waals surface area contributed by atoms with E-state index in [0.717, 1.165) is 6.07 Å². The van der Waals surface area contributed by atoms with Gasteiger partial charge >= 0.3 is 12.0 Å². The molecular weight excluding hydrogens is 398 g/mol. The van der Waals surface area contributed by atoms with Crippen LogP contribution >= 0.6 is 0 Å². The number of amides is 3.